The third kappa shape index (κ3) is 3.17. The van der Waals surface area contributed by atoms with E-state index in [1.165, 1.54) is 11.3 Å². The molecule has 0 radical (unpaired) electrons. The Morgan fingerprint density at radius 3 is 2.86 bits per heavy atom. The van der Waals surface area contributed by atoms with Crippen molar-refractivity contribution < 1.29 is 4.79 Å². The largest absolute Gasteiger partial charge is 0.347 e. The summed E-state index contributed by atoms with van der Waals surface area (Å²) < 4.78 is 0. The van der Waals surface area contributed by atoms with Gasteiger partial charge in [0.15, 0.2) is 0 Å². The predicted molar refractivity (Wildman–Crippen MR) is 87.7 cm³/mol. The molecule has 1 amide bonds. The van der Waals surface area contributed by atoms with Gasteiger partial charge in [0.25, 0.3) is 5.91 Å². The van der Waals surface area contributed by atoms with Gasteiger partial charge in [-0.15, -0.1) is 11.3 Å². The number of nitrogens with one attached hydrogen (secondary N) is 2. The maximum absolute atomic E-state index is 12.6. The van der Waals surface area contributed by atoms with Crippen molar-refractivity contribution in [2.75, 3.05) is 13.1 Å². The lowest BCUT2D eigenvalue weighted by atomic mass is 9.94. The lowest BCUT2D eigenvalue weighted by Gasteiger charge is -2.30. The van der Waals surface area contributed by atoms with E-state index in [4.69, 9.17) is 0 Å². The van der Waals surface area contributed by atoms with Gasteiger partial charge in [-0.1, -0.05) is 37.3 Å². The van der Waals surface area contributed by atoms with Crippen molar-refractivity contribution in [3.8, 4) is 11.1 Å². The molecule has 0 aliphatic carbocycles. The van der Waals surface area contributed by atoms with E-state index in [1.807, 2.05) is 41.8 Å². The van der Waals surface area contributed by atoms with Crippen LogP contribution in [0.2, 0.25) is 0 Å². The van der Waals surface area contributed by atoms with Gasteiger partial charge >= 0.3 is 0 Å². The molecule has 21 heavy (non-hydrogen) atoms. The molecule has 2 atom stereocenters. The zero-order valence-electron chi connectivity index (χ0n) is 12.1. The van der Waals surface area contributed by atoms with Gasteiger partial charge in [-0.25, -0.2) is 0 Å². The maximum Gasteiger partial charge on any atom is 0.262 e. The van der Waals surface area contributed by atoms with E-state index in [-0.39, 0.29) is 11.9 Å². The number of hydrogen-bond acceptors (Lipinski definition) is 3. The lowest BCUT2D eigenvalue weighted by Crippen LogP contribution is -2.50. The first kappa shape index (κ1) is 14.3. The third-order valence-electron chi connectivity index (χ3n) is 4.10. The van der Waals surface area contributed by atoms with Crippen molar-refractivity contribution >= 4 is 17.2 Å². The molecule has 4 heteroatoms. The van der Waals surface area contributed by atoms with Crippen LogP contribution in [0.5, 0.6) is 0 Å². The molecule has 1 aliphatic rings. The maximum atomic E-state index is 12.6. The molecular weight excluding hydrogens is 280 g/mol. The summed E-state index contributed by atoms with van der Waals surface area (Å²) in [5.41, 5.74) is 2.12. The second-order valence-corrected chi connectivity index (χ2v) is 6.50. The normalized spacial score (nSPS) is 22.0. The van der Waals surface area contributed by atoms with Gasteiger partial charge in [0.1, 0.15) is 0 Å². The van der Waals surface area contributed by atoms with Crippen molar-refractivity contribution in [1.29, 1.82) is 0 Å². The average Bonchev–Trinajstić information content (AvgIpc) is 3.00. The number of hydrogen-bond donors (Lipinski definition) is 2. The van der Waals surface area contributed by atoms with E-state index in [9.17, 15) is 4.79 Å². The summed E-state index contributed by atoms with van der Waals surface area (Å²) >= 11 is 1.51. The average molecular weight is 300 g/mol. The van der Waals surface area contributed by atoms with Crippen LogP contribution in [0, 0.1) is 5.92 Å². The van der Waals surface area contributed by atoms with Gasteiger partial charge in [-0.2, -0.15) is 0 Å². The minimum atomic E-state index is 0.0457. The van der Waals surface area contributed by atoms with Gasteiger partial charge < -0.3 is 10.6 Å². The molecule has 1 aliphatic heterocycles. The number of piperidine rings is 1. The van der Waals surface area contributed by atoms with Crippen molar-refractivity contribution in [3.63, 3.8) is 0 Å². The van der Waals surface area contributed by atoms with Gasteiger partial charge in [0.2, 0.25) is 0 Å². The van der Waals surface area contributed by atoms with Crippen LogP contribution in [-0.2, 0) is 0 Å². The smallest absolute Gasteiger partial charge is 0.262 e. The van der Waals surface area contributed by atoms with Crippen molar-refractivity contribution in [2.24, 2.45) is 5.92 Å². The van der Waals surface area contributed by atoms with E-state index in [0.29, 0.717) is 5.92 Å². The summed E-state index contributed by atoms with van der Waals surface area (Å²) in [5, 5.41) is 8.53. The molecule has 3 nitrogen and oxygen atoms in total. The molecule has 110 valence electrons. The van der Waals surface area contributed by atoms with Crippen molar-refractivity contribution in [3.05, 3.63) is 46.7 Å². The van der Waals surface area contributed by atoms with E-state index in [0.717, 1.165) is 35.5 Å². The van der Waals surface area contributed by atoms with Crippen LogP contribution in [0.1, 0.15) is 23.0 Å². The first-order chi connectivity index (χ1) is 10.3. The Balaban J connectivity index is 1.78. The minimum Gasteiger partial charge on any atom is -0.347 e. The Morgan fingerprint density at radius 1 is 1.29 bits per heavy atom. The number of benzene rings is 1. The molecule has 1 aromatic heterocycles. The number of rotatable bonds is 3. The third-order valence-corrected chi connectivity index (χ3v) is 5.01. The highest BCUT2D eigenvalue weighted by Gasteiger charge is 2.24. The monoisotopic (exact) mass is 300 g/mol. The Bertz CT molecular complexity index is 608. The standard InChI is InChI=1S/C17H20N2OS/c1-12-7-9-18-11-15(12)19-17(20)16-14(8-10-21-16)13-5-3-2-4-6-13/h2-6,8,10,12,15,18H,7,9,11H2,1H3,(H,19,20). The fourth-order valence-corrected chi connectivity index (χ4v) is 3.57. The van der Waals surface area contributed by atoms with Gasteiger partial charge in [0.05, 0.1) is 4.88 Å². The number of thiophene rings is 1. The van der Waals surface area contributed by atoms with Crippen molar-refractivity contribution in [2.45, 2.75) is 19.4 Å². The number of carbonyl (C=O) groups is 1. The Morgan fingerprint density at radius 2 is 2.10 bits per heavy atom. The fraction of sp³-hybridized carbons (Fsp3) is 0.353. The van der Waals surface area contributed by atoms with Gasteiger partial charge in [-0.05, 0) is 35.9 Å². The summed E-state index contributed by atoms with van der Waals surface area (Å²) in [7, 11) is 0. The fourth-order valence-electron chi connectivity index (χ4n) is 2.75. The number of carbonyl (C=O) groups excluding carboxylic acids is 1. The highest BCUT2D eigenvalue weighted by atomic mass is 32.1. The predicted octanol–water partition coefficient (Wildman–Crippen LogP) is 3.14. The molecule has 0 spiro atoms. The lowest BCUT2D eigenvalue weighted by molar-refractivity contribution is 0.0920. The van der Waals surface area contributed by atoms with E-state index < -0.39 is 0 Å². The second kappa shape index (κ2) is 6.41. The Kier molecular flexibility index (Phi) is 4.36. The van der Waals surface area contributed by atoms with Crippen molar-refractivity contribution in [1.82, 2.24) is 10.6 Å². The summed E-state index contributed by atoms with van der Waals surface area (Å²) in [6, 6.07) is 12.3. The zero-order valence-corrected chi connectivity index (χ0v) is 13.0. The van der Waals surface area contributed by atoms with Crippen LogP contribution >= 0.6 is 11.3 Å². The Hall–Kier alpha value is -1.65. The zero-order chi connectivity index (χ0) is 14.7. The topological polar surface area (TPSA) is 41.1 Å². The van der Waals surface area contributed by atoms with Crippen LogP contribution in [0.3, 0.4) is 0 Å². The summed E-state index contributed by atoms with van der Waals surface area (Å²) in [6.45, 7) is 4.11. The Labute approximate surface area is 129 Å². The summed E-state index contributed by atoms with van der Waals surface area (Å²) in [4.78, 5) is 13.4. The first-order valence-corrected chi connectivity index (χ1v) is 8.28. The summed E-state index contributed by atoms with van der Waals surface area (Å²) in [6.07, 6.45) is 1.11. The molecule has 1 fully saturated rings. The molecule has 0 saturated carbocycles. The summed E-state index contributed by atoms with van der Waals surface area (Å²) in [5.74, 6) is 0.569. The quantitative estimate of drug-likeness (QED) is 0.914. The number of amides is 1. The SMILES string of the molecule is CC1CCNCC1NC(=O)c1sccc1-c1ccccc1. The molecule has 2 heterocycles. The molecule has 2 aromatic rings. The van der Waals surface area contributed by atoms with Crippen LogP contribution in [-0.4, -0.2) is 25.0 Å². The first-order valence-electron chi connectivity index (χ1n) is 7.40. The molecule has 1 aromatic carbocycles. The second-order valence-electron chi connectivity index (χ2n) is 5.58. The van der Waals surface area contributed by atoms with Crippen LogP contribution < -0.4 is 10.6 Å². The van der Waals surface area contributed by atoms with E-state index in [1.54, 1.807) is 0 Å². The molecule has 2 N–H and O–H groups in total. The highest BCUT2D eigenvalue weighted by Crippen LogP contribution is 2.28. The highest BCUT2D eigenvalue weighted by molar-refractivity contribution is 7.12. The molecule has 1 saturated heterocycles. The van der Waals surface area contributed by atoms with Crippen LogP contribution in [0.4, 0.5) is 0 Å². The van der Waals surface area contributed by atoms with Gasteiger partial charge in [-0.3, -0.25) is 4.79 Å². The molecule has 2 unspecified atom stereocenters. The molecule has 3 rings (SSSR count). The van der Waals surface area contributed by atoms with E-state index >= 15 is 0 Å². The van der Waals surface area contributed by atoms with Gasteiger partial charge in [0, 0.05) is 18.2 Å². The van der Waals surface area contributed by atoms with Crippen LogP contribution in [0.15, 0.2) is 41.8 Å². The molecule has 0 bridgehead atoms. The molecular formula is C17H20N2OS. The van der Waals surface area contributed by atoms with E-state index in [2.05, 4.69) is 17.6 Å². The van der Waals surface area contributed by atoms with Crippen LogP contribution in [0.25, 0.3) is 11.1 Å². The minimum absolute atomic E-state index is 0.0457.